The molecule has 0 atom stereocenters. The maximum absolute atomic E-state index is 13.1. The highest BCUT2D eigenvalue weighted by Crippen LogP contribution is 2.29. The molecule has 0 unspecified atom stereocenters. The van der Waals surface area contributed by atoms with E-state index in [1.807, 2.05) is 16.7 Å². The van der Waals surface area contributed by atoms with E-state index >= 15 is 0 Å². The Hall–Kier alpha value is -1.63. The van der Waals surface area contributed by atoms with Gasteiger partial charge in [0.1, 0.15) is 12.1 Å². The molecule has 0 fully saturated rings. The molecule has 0 aliphatic rings. The van der Waals surface area contributed by atoms with Crippen LogP contribution in [0.5, 0.6) is 0 Å². The van der Waals surface area contributed by atoms with Gasteiger partial charge in [-0.15, -0.1) is 11.3 Å². The molecule has 1 aromatic carbocycles. The van der Waals surface area contributed by atoms with Gasteiger partial charge in [-0.1, -0.05) is 40.9 Å². The van der Waals surface area contributed by atoms with E-state index in [9.17, 15) is 4.79 Å². The predicted molar refractivity (Wildman–Crippen MR) is 111 cm³/mol. The lowest BCUT2D eigenvalue weighted by atomic mass is 10.1. The van der Waals surface area contributed by atoms with Gasteiger partial charge >= 0.3 is 5.56 Å². The fourth-order valence-electron chi connectivity index (χ4n) is 2.87. The number of hydrogen-bond donors (Lipinski definition) is 0. The van der Waals surface area contributed by atoms with Crippen LogP contribution in [0.3, 0.4) is 0 Å². The second-order valence-corrected chi connectivity index (χ2v) is 8.65. The highest BCUT2D eigenvalue weighted by Gasteiger charge is 2.25. The molecule has 27 heavy (non-hydrogen) atoms. The zero-order valence-electron chi connectivity index (χ0n) is 13.5. The third kappa shape index (κ3) is 3.58. The minimum Gasteiger partial charge on any atom is -0.240 e. The van der Waals surface area contributed by atoms with Gasteiger partial charge in [0.15, 0.2) is 4.47 Å². The van der Waals surface area contributed by atoms with Crippen molar-refractivity contribution in [3.05, 3.63) is 83.7 Å². The quantitative estimate of drug-likeness (QED) is 0.306. The van der Waals surface area contributed by atoms with Crippen molar-refractivity contribution in [2.24, 2.45) is 0 Å². The molecule has 0 aliphatic heterocycles. The van der Waals surface area contributed by atoms with Crippen LogP contribution in [0, 0.1) is 0 Å². The summed E-state index contributed by atoms with van der Waals surface area (Å²) in [7, 11) is 0. The number of benzene rings is 1. The Bertz CT molecular complexity index is 1210. The van der Waals surface area contributed by atoms with Crippen LogP contribution in [0.1, 0.15) is 4.88 Å². The number of nitrogens with zero attached hydrogens (tertiary/aromatic N) is 3. The van der Waals surface area contributed by atoms with Gasteiger partial charge in [-0.2, -0.15) is 4.40 Å². The number of pyridine rings is 1. The summed E-state index contributed by atoms with van der Waals surface area (Å²) in [6, 6.07) is 10.4. The van der Waals surface area contributed by atoms with Crippen LogP contribution in [-0.4, -0.2) is 9.38 Å². The summed E-state index contributed by atoms with van der Waals surface area (Å²) in [6.07, 6.45) is 3.39. The summed E-state index contributed by atoms with van der Waals surface area (Å²) < 4.78 is 3.82. The number of thiazole rings is 1. The van der Waals surface area contributed by atoms with Crippen LogP contribution in [-0.2, 0) is 6.54 Å². The van der Waals surface area contributed by atoms with Gasteiger partial charge in [0, 0.05) is 22.3 Å². The van der Waals surface area contributed by atoms with Crippen molar-refractivity contribution in [1.82, 2.24) is 9.38 Å². The topological polar surface area (TPSA) is 38.2 Å². The third-order valence-corrected chi connectivity index (χ3v) is 5.91. The Morgan fingerprint density at radius 2 is 1.81 bits per heavy atom. The molecule has 0 saturated carbocycles. The van der Waals surface area contributed by atoms with E-state index in [4.69, 9.17) is 46.4 Å². The van der Waals surface area contributed by atoms with Crippen molar-refractivity contribution in [2.45, 2.75) is 6.54 Å². The van der Waals surface area contributed by atoms with Gasteiger partial charge in [0.25, 0.3) is 5.65 Å². The molecule has 0 radical (unpaired) electrons. The van der Waals surface area contributed by atoms with Crippen LogP contribution in [0.15, 0.2) is 53.6 Å². The molecule has 136 valence electrons. The first-order chi connectivity index (χ1) is 12.9. The Labute approximate surface area is 178 Å². The Balaban J connectivity index is 2.03. The number of fused-ring (bicyclic) bond motifs is 1. The summed E-state index contributed by atoms with van der Waals surface area (Å²) in [5, 5.41) is 1.13. The number of halogens is 4. The Morgan fingerprint density at radius 3 is 2.48 bits per heavy atom. The van der Waals surface area contributed by atoms with Crippen LogP contribution in [0.4, 0.5) is 0 Å². The largest absolute Gasteiger partial charge is 0.351 e. The van der Waals surface area contributed by atoms with Crippen molar-refractivity contribution >= 4 is 63.4 Å². The molecule has 0 bridgehead atoms. The summed E-state index contributed by atoms with van der Waals surface area (Å²) >= 11 is 26.3. The van der Waals surface area contributed by atoms with E-state index in [0.29, 0.717) is 37.8 Å². The van der Waals surface area contributed by atoms with Gasteiger partial charge in [-0.25, -0.2) is 14.3 Å². The van der Waals surface area contributed by atoms with Gasteiger partial charge in [0.05, 0.1) is 11.1 Å². The molecule has 3 heterocycles. The molecule has 4 nitrogen and oxygen atoms in total. The standard InChI is InChI=1S/C18H10Cl4N3OS/c19-11-5-10(6-12(20)7-11)15-16(21)25(9-13-8-23-18(22)27-13)14-3-1-2-4-24(14)17(15)26/h1-8H,9H2/q+1. The average Bonchev–Trinajstić information content (AvgIpc) is 3.03. The van der Waals surface area contributed by atoms with E-state index in [0.717, 1.165) is 4.88 Å². The average molecular weight is 458 g/mol. The maximum atomic E-state index is 13.1. The predicted octanol–water partition coefficient (Wildman–Crippen LogP) is 5.37. The van der Waals surface area contributed by atoms with E-state index in [2.05, 4.69) is 4.98 Å². The van der Waals surface area contributed by atoms with E-state index in [1.165, 1.54) is 11.3 Å². The van der Waals surface area contributed by atoms with Gasteiger partial charge in [-0.05, 0) is 41.4 Å². The first-order valence-electron chi connectivity index (χ1n) is 7.73. The molecule has 4 aromatic rings. The van der Waals surface area contributed by atoms with Crippen molar-refractivity contribution in [3.8, 4) is 11.1 Å². The van der Waals surface area contributed by atoms with E-state index < -0.39 is 0 Å². The van der Waals surface area contributed by atoms with Crippen molar-refractivity contribution in [2.75, 3.05) is 0 Å². The number of rotatable bonds is 3. The van der Waals surface area contributed by atoms with Crippen molar-refractivity contribution in [1.29, 1.82) is 0 Å². The normalized spacial score (nSPS) is 11.3. The van der Waals surface area contributed by atoms with Crippen LogP contribution < -0.4 is 10.1 Å². The minimum atomic E-state index is -0.257. The first kappa shape index (κ1) is 18.7. The molecule has 4 rings (SSSR count). The van der Waals surface area contributed by atoms with E-state index in [-0.39, 0.29) is 10.7 Å². The highest BCUT2D eigenvalue weighted by molar-refractivity contribution is 7.15. The van der Waals surface area contributed by atoms with Crippen LogP contribution >= 0.6 is 57.7 Å². The van der Waals surface area contributed by atoms with Crippen LogP contribution in [0.25, 0.3) is 16.8 Å². The molecule has 3 aromatic heterocycles. The molecular formula is C18H10Cl4N3OS+. The van der Waals surface area contributed by atoms with Gasteiger partial charge in [-0.3, -0.25) is 0 Å². The Morgan fingerprint density at radius 1 is 1.07 bits per heavy atom. The lowest BCUT2D eigenvalue weighted by Gasteiger charge is -2.10. The summed E-state index contributed by atoms with van der Waals surface area (Å²) in [5.74, 6) is 0. The van der Waals surface area contributed by atoms with Gasteiger partial charge < -0.3 is 0 Å². The maximum Gasteiger partial charge on any atom is 0.351 e. The Kier molecular flexibility index (Phi) is 5.14. The number of hydrogen-bond acceptors (Lipinski definition) is 3. The highest BCUT2D eigenvalue weighted by atomic mass is 35.5. The lowest BCUT2D eigenvalue weighted by Crippen LogP contribution is -2.42. The molecule has 0 N–H and O–H groups in total. The zero-order valence-corrected chi connectivity index (χ0v) is 17.3. The molecule has 0 amide bonds. The second-order valence-electron chi connectivity index (χ2n) is 5.72. The second kappa shape index (κ2) is 7.41. The fraction of sp³-hybridized carbons (Fsp3) is 0.0556. The lowest BCUT2D eigenvalue weighted by molar-refractivity contribution is -0.662. The minimum absolute atomic E-state index is 0.257. The monoisotopic (exact) mass is 456 g/mol. The summed E-state index contributed by atoms with van der Waals surface area (Å²) in [5.41, 5.74) is 1.26. The smallest absolute Gasteiger partial charge is 0.240 e. The number of aromatic nitrogens is 3. The molecule has 0 aliphatic carbocycles. The first-order valence-corrected chi connectivity index (χ1v) is 10.1. The molecular weight excluding hydrogens is 448 g/mol. The third-order valence-electron chi connectivity index (χ3n) is 3.98. The van der Waals surface area contributed by atoms with Gasteiger partial charge in [0.2, 0.25) is 5.15 Å². The SMILES string of the molecule is O=c1c(-c2cc(Cl)cc(Cl)c2)c(Cl)[n+](Cc2cnc(Cl)s2)c2ccccn12. The molecule has 0 spiro atoms. The van der Waals surface area contributed by atoms with Crippen LogP contribution in [0.2, 0.25) is 19.7 Å². The fourth-order valence-corrected chi connectivity index (χ4v) is 4.70. The summed E-state index contributed by atoms with van der Waals surface area (Å²) in [4.78, 5) is 18.1. The molecule has 0 saturated heterocycles. The zero-order chi connectivity index (χ0) is 19.1. The molecule has 9 heteroatoms. The van der Waals surface area contributed by atoms with Crippen molar-refractivity contribution in [3.63, 3.8) is 0 Å². The van der Waals surface area contributed by atoms with E-state index in [1.54, 1.807) is 41.1 Å². The van der Waals surface area contributed by atoms with Crippen molar-refractivity contribution < 1.29 is 4.57 Å². The summed E-state index contributed by atoms with van der Waals surface area (Å²) in [6.45, 7) is 0.415.